The first-order valence-electron chi connectivity index (χ1n) is 9.47. The summed E-state index contributed by atoms with van der Waals surface area (Å²) in [6.45, 7) is 4.02. The Morgan fingerprint density at radius 3 is 2.53 bits per heavy atom. The molecule has 0 unspecified atom stereocenters. The number of hydrogen-bond donors (Lipinski definition) is 1. The van der Waals surface area contributed by atoms with E-state index in [0.717, 1.165) is 22.3 Å². The molecule has 1 amide bonds. The maximum absolute atomic E-state index is 12.9. The molecule has 0 fully saturated rings. The molecule has 0 saturated heterocycles. The number of rotatable bonds is 5. The van der Waals surface area contributed by atoms with Crippen molar-refractivity contribution in [3.63, 3.8) is 0 Å². The fraction of sp³-hybridized carbons (Fsp3) is 0.130. The number of nitrogens with zero attached hydrogens (tertiary/aromatic N) is 2. The summed E-state index contributed by atoms with van der Waals surface area (Å²) in [5.74, 6) is -0.211. The number of pyridine rings is 1. The summed E-state index contributed by atoms with van der Waals surface area (Å²) in [4.78, 5) is 17.1. The predicted molar refractivity (Wildman–Crippen MR) is 114 cm³/mol. The third-order valence-electron chi connectivity index (χ3n) is 4.96. The van der Waals surface area contributed by atoms with Gasteiger partial charge in [-0.15, -0.1) is 0 Å². The van der Waals surface area contributed by atoms with Gasteiger partial charge in [0.15, 0.2) is 0 Å². The van der Waals surface area contributed by atoms with Crippen LogP contribution in [0.1, 0.15) is 27.0 Å². The summed E-state index contributed by atoms with van der Waals surface area (Å²) >= 11 is 0. The van der Waals surface area contributed by atoms with E-state index >= 15 is 0 Å². The lowest BCUT2D eigenvalue weighted by atomic mass is 10.2. The van der Waals surface area contributed by atoms with Crippen LogP contribution in [0.4, 0.5) is 0 Å². The topological polar surface area (TPSA) is 80.5 Å². The van der Waals surface area contributed by atoms with Crippen LogP contribution < -0.4 is 5.32 Å². The van der Waals surface area contributed by atoms with Crippen molar-refractivity contribution in [2.75, 3.05) is 0 Å². The molecule has 7 heteroatoms. The molecule has 2 heterocycles. The highest BCUT2D eigenvalue weighted by Gasteiger charge is 2.19. The Hall–Kier alpha value is -3.45. The van der Waals surface area contributed by atoms with Crippen molar-refractivity contribution in [2.24, 2.45) is 0 Å². The molecule has 0 bridgehead atoms. The monoisotopic (exact) mass is 419 g/mol. The molecular weight excluding hydrogens is 398 g/mol. The van der Waals surface area contributed by atoms with E-state index < -0.39 is 9.84 Å². The fourth-order valence-electron chi connectivity index (χ4n) is 3.35. The normalized spacial score (nSPS) is 11.5. The second-order valence-electron chi connectivity index (χ2n) is 7.21. The van der Waals surface area contributed by atoms with Crippen LogP contribution in [0, 0.1) is 13.8 Å². The zero-order chi connectivity index (χ0) is 21.3. The quantitative estimate of drug-likeness (QED) is 0.535. The molecule has 0 aliphatic heterocycles. The van der Waals surface area contributed by atoms with Crippen LogP contribution in [0.15, 0.2) is 83.0 Å². The number of benzene rings is 2. The van der Waals surface area contributed by atoms with Crippen LogP contribution in [-0.2, 0) is 16.4 Å². The lowest BCUT2D eigenvalue weighted by Crippen LogP contribution is -2.23. The zero-order valence-electron chi connectivity index (χ0n) is 16.7. The van der Waals surface area contributed by atoms with Crippen LogP contribution in [-0.4, -0.2) is 23.7 Å². The number of carbonyl (C=O) groups excluding carboxylic acids is 1. The molecule has 0 radical (unpaired) electrons. The standard InChI is InChI=1S/C23H21N3O3S/c1-16-3-9-21(17(2)13-16)30(28,29)20-7-4-18(5-8-20)14-25-23(27)19-6-10-22-24-11-12-26(22)15-19/h3-13,15H,14H2,1-2H3,(H,25,27). The first kappa shape index (κ1) is 19.8. The molecule has 0 spiro atoms. The molecule has 30 heavy (non-hydrogen) atoms. The van der Waals surface area contributed by atoms with Crippen LogP contribution in [0.3, 0.4) is 0 Å². The Bertz CT molecular complexity index is 1340. The second kappa shape index (κ2) is 7.76. The number of fused-ring (bicyclic) bond motifs is 1. The van der Waals surface area contributed by atoms with Crippen molar-refractivity contribution < 1.29 is 13.2 Å². The Morgan fingerprint density at radius 1 is 1.03 bits per heavy atom. The van der Waals surface area contributed by atoms with Crippen molar-refractivity contribution in [2.45, 2.75) is 30.2 Å². The average Bonchev–Trinajstić information content (AvgIpc) is 3.20. The largest absolute Gasteiger partial charge is 0.348 e. The molecule has 0 saturated carbocycles. The molecule has 2 aromatic carbocycles. The molecule has 0 aliphatic rings. The number of aromatic nitrogens is 2. The summed E-state index contributed by atoms with van der Waals surface area (Å²) in [5, 5.41) is 2.86. The van der Waals surface area contributed by atoms with Crippen molar-refractivity contribution >= 4 is 21.4 Å². The van der Waals surface area contributed by atoms with Gasteiger partial charge in [-0.05, 0) is 55.3 Å². The van der Waals surface area contributed by atoms with Gasteiger partial charge in [0, 0.05) is 25.1 Å². The molecular formula is C23H21N3O3S. The van der Waals surface area contributed by atoms with E-state index in [9.17, 15) is 13.2 Å². The highest BCUT2D eigenvalue weighted by atomic mass is 32.2. The van der Waals surface area contributed by atoms with Gasteiger partial charge in [0.25, 0.3) is 5.91 Å². The Balaban J connectivity index is 1.47. The van der Waals surface area contributed by atoms with Crippen LogP contribution >= 0.6 is 0 Å². The van der Waals surface area contributed by atoms with Gasteiger partial charge in [0.05, 0.1) is 15.4 Å². The van der Waals surface area contributed by atoms with Crippen molar-refractivity contribution in [3.05, 3.63) is 95.4 Å². The van der Waals surface area contributed by atoms with E-state index in [-0.39, 0.29) is 10.8 Å². The molecule has 0 atom stereocenters. The van der Waals surface area contributed by atoms with Gasteiger partial charge >= 0.3 is 0 Å². The maximum Gasteiger partial charge on any atom is 0.253 e. The smallest absolute Gasteiger partial charge is 0.253 e. The molecule has 0 aliphatic carbocycles. The van der Waals surface area contributed by atoms with Gasteiger partial charge in [-0.2, -0.15) is 0 Å². The first-order chi connectivity index (χ1) is 14.3. The van der Waals surface area contributed by atoms with Gasteiger partial charge < -0.3 is 9.72 Å². The fourth-order valence-corrected chi connectivity index (χ4v) is 4.83. The predicted octanol–water partition coefficient (Wildman–Crippen LogP) is 3.71. The number of hydrogen-bond acceptors (Lipinski definition) is 4. The number of imidazole rings is 1. The molecule has 4 aromatic rings. The minimum Gasteiger partial charge on any atom is -0.348 e. The van der Waals surface area contributed by atoms with Gasteiger partial charge in [-0.25, -0.2) is 13.4 Å². The average molecular weight is 420 g/mol. The van der Waals surface area contributed by atoms with E-state index in [1.807, 2.05) is 13.0 Å². The van der Waals surface area contributed by atoms with Crippen molar-refractivity contribution in [1.29, 1.82) is 0 Å². The summed E-state index contributed by atoms with van der Waals surface area (Å²) in [5.41, 5.74) is 3.85. The second-order valence-corrected chi connectivity index (χ2v) is 9.13. The highest BCUT2D eigenvalue weighted by molar-refractivity contribution is 7.91. The van der Waals surface area contributed by atoms with Crippen molar-refractivity contribution in [3.8, 4) is 0 Å². The molecule has 6 nitrogen and oxygen atoms in total. The number of aryl methyl sites for hydroxylation is 2. The van der Waals surface area contributed by atoms with Gasteiger partial charge in [0.1, 0.15) is 5.65 Å². The van der Waals surface area contributed by atoms with Crippen LogP contribution in [0.5, 0.6) is 0 Å². The van der Waals surface area contributed by atoms with E-state index in [2.05, 4.69) is 10.3 Å². The highest BCUT2D eigenvalue weighted by Crippen LogP contribution is 2.24. The molecule has 152 valence electrons. The number of sulfone groups is 1. The molecule has 2 aromatic heterocycles. The number of carbonyl (C=O) groups is 1. The number of nitrogens with one attached hydrogen (secondary N) is 1. The van der Waals surface area contributed by atoms with E-state index in [0.29, 0.717) is 17.0 Å². The SMILES string of the molecule is Cc1ccc(S(=O)(=O)c2ccc(CNC(=O)c3ccc4nccn4c3)cc2)c(C)c1. The summed E-state index contributed by atoms with van der Waals surface area (Å²) < 4.78 is 27.7. The van der Waals surface area contributed by atoms with Crippen LogP contribution in [0.2, 0.25) is 0 Å². The van der Waals surface area contributed by atoms with Crippen molar-refractivity contribution in [1.82, 2.24) is 14.7 Å². The van der Waals surface area contributed by atoms with E-state index in [4.69, 9.17) is 0 Å². The van der Waals surface area contributed by atoms with Gasteiger partial charge in [-0.1, -0.05) is 29.8 Å². The first-order valence-corrected chi connectivity index (χ1v) is 10.9. The zero-order valence-corrected chi connectivity index (χ0v) is 17.5. The Labute approximate surface area is 175 Å². The van der Waals surface area contributed by atoms with E-state index in [1.165, 1.54) is 0 Å². The summed E-state index contributed by atoms with van der Waals surface area (Å²) in [6.07, 6.45) is 5.17. The lowest BCUT2D eigenvalue weighted by Gasteiger charge is -2.10. The summed E-state index contributed by atoms with van der Waals surface area (Å²) in [6, 6.07) is 15.4. The molecule has 4 rings (SSSR count). The Morgan fingerprint density at radius 2 is 1.80 bits per heavy atom. The lowest BCUT2D eigenvalue weighted by molar-refractivity contribution is 0.0950. The van der Waals surface area contributed by atoms with E-state index in [1.54, 1.807) is 78.4 Å². The third kappa shape index (κ3) is 3.84. The van der Waals surface area contributed by atoms with Gasteiger partial charge in [0.2, 0.25) is 9.84 Å². The Kier molecular flexibility index (Phi) is 5.13. The maximum atomic E-state index is 12.9. The van der Waals surface area contributed by atoms with Crippen LogP contribution in [0.25, 0.3) is 5.65 Å². The summed E-state index contributed by atoms with van der Waals surface area (Å²) in [7, 11) is -3.59. The van der Waals surface area contributed by atoms with Gasteiger partial charge in [-0.3, -0.25) is 4.79 Å². The number of amides is 1. The molecule has 1 N–H and O–H groups in total. The third-order valence-corrected chi connectivity index (χ3v) is 6.89. The minimum absolute atomic E-state index is 0.211. The minimum atomic E-state index is -3.59.